The van der Waals surface area contributed by atoms with Crippen LogP contribution >= 0.6 is 0 Å². The van der Waals surface area contributed by atoms with Gasteiger partial charge in [0, 0.05) is 5.92 Å². The first kappa shape index (κ1) is 13.1. The van der Waals surface area contributed by atoms with Crippen LogP contribution < -0.4 is 10.6 Å². The smallest absolute Gasteiger partial charge is 0.223 e. The first-order valence-electron chi connectivity index (χ1n) is 6.59. The molecule has 0 saturated carbocycles. The fourth-order valence-corrected chi connectivity index (χ4v) is 2.23. The molecule has 1 atom stereocenters. The highest BCUT2D eigenvalue weighted by atomic mass is 16.2. The lowest BCUT2D eigenvalue weighted by molar-refractivity contribution is -0.128. The van der Waals surface area contributed by atoms with Crippen molar-refractivity contribution in [2.75, 3.05) is 13.1 Å². The van der Waals surface area contributed by atoms with Crippen molar-refractivity contribution >= 4 is 5.91 Å². The van der Waals surface area contributed by atoms with Gasteiger partial charge in [-0.15, -0.1) is 0 Å². The van der Waals surface area contributed by atoms with Crippen molar-refractivity contribution in [1.29, 1.82) is 0 Å². The van der Waals surface area contributed by atoms with Crippen molar-refractivity contribution in [3.8, 4) is 0 Å². The van der Waals surface area contributed by atoms with Gasteiger partial charge in [-0.25, -0.2) is 0 Å². The van der Waals surface area contributed by atoms with Gasteiger partial charge in [-0.3, -0.25) is 4.79 Å². The summed E-state index contributed by atoms with van der Waals surface area (Å²) in [6.45, 7) is 8.03. The van der Waals surface area contributed by atoms with E-state index in [0.29, 0.717) is 5.92 Å². The third-order valence-corrected chi connectivity index (χ3v) is 3.86. The third kappa shape index (κ3) is 2.72. The molecule has 1 amide bonds. The van der Waals surface area contributed by atoms with Crippen LogP contribution in [0.25, 0.3) is 0 Å². The zero-order valence-electron chi connectivity index (χ0n) is 11.4. The van der Waals surface area contributed by atoms with Gasteiger partial charge < -0.3 is 10.6 Å². The lowest BCUT2D eigenvalue weighted by atomic mass is 9.86. The Morgan fingerprint density at radius 2 is 1.94 bits per heavy atom. The summed E-state index contributed by atoms with van der Waals surface area (Å²) in [6.07, 6.45) is 0. The molecule has 1 unspecified atom stereocenters. The SMILES string of the molecule is CC(C(=O)NC(C)(C)c1ccccc1)C1CNC1. The van der Waals surface area contributed by atoms with E-state index in [0.717, 1.165) is 18.7 Å². The van der Waals surface area contributed by atoms with Crippen LogP contribution in [0.4, 0.5) is 0 Å². The standard InChI is InChI=1S/C15H22N2O/c1-11(12-9-16-10-12)14(18)17-15(2,3)13-7-5-4-6-8-13/h4-8,11-12,16H,9-10H2,1-3H3,(H,17,18). The topological polar surface area (TPSA) is 41.1 Å². The van der Waals surface area contributed by atoms with Gasteiger partial charge >= 0.3 is 0 Å². The Kier molecular flexibility index (Phi) is 3.71. The number of rotatable bonds is 4. The zero-order chi connectivity index (χ0) is 13.2. The fourth-order valence-electron chi connectivity index (χ4n) is 2.23. The number of amides is 1. The molecular weight excluding hydrogens is 224 g/mol. The molecule has 0 radical (unpaired) electrons. The van der Waals surface area contributed by atoms with E-state index in [1.807, 2.05) is 39.0 Å². The minimum Gasteiger partial charge on any atom is -0.347 e. The monoisotopic (exact) mass is 246 g/mol. The van der Waals surface area contributed by atoms with Gasteiger partial charge in [-0.2, -0.15) is 0 Å². The minimum atomic E-state index is -0.316. The summed E-state index contributed by atoms with van der Waals surface area (Å²) < 4.78 is 0. The van der Waals surface area contributed by atoms with Gasteiger partial charge in [0.15, 0.2) is 0 Å². The lowest BCUT2D eigenvalue weighted by Crippen LogP contribution is -2.52. The molecular formula is C15H22N2O. The zero-order valence-corrected chi connectivity index (χ0v) is 11.4. The normalized spacial score (nSPS) is 17.9. The van der Waals surface area contributed by atoms with E-state index < -0.39 is 0 Å². The van der Waals surface area contributed by atoms with Crippen LogP contribution in [0.5, 0.6) is 0 Å². The average Bonchev–Trinajstić information content (AvgIpc) is 2.27. The Labute approximate surface area is 109 Å². The number of hydrogen-bond donors (Lipinski definition) is 2. The minimum absolute atomic E-state index is 0.0780. The average molecular weight is 246 g/mol. The predicted molar refractivity (Wildman–Crippen MR) is 73.1 cm³/mol. The van der Waals surface area contributed by atoms with Crippen molar-refractivity contribution in [2.45, 2.75) is 26.3 Å². The van der Waals surface area contributed by atoms with Gasteiger partial charge in [0.2, 0.25) is 5.91 Å². The summed E-state index contributed by atoms with van der Waals surface area (Å²) in [7, 11) is 0. The molecule has 98 valence electrons. The van der Waals surface area contributed by atoms with Gasteiger partial charge in [-0.05, 0) is 38.4 Å². The molecule has 0 bridgehead atoms. The molecule has 0 aliphatic carbocycles. The molecule has 0 aromatic heterocycles. The summed E-state index contributed by atoms with van der Waals surface area (Å²) in [6, 6.07) is 10.1. The van der Waals surface area contributed by atoms with Gasteiger partial charge in [0.05, 0.1) is 5.54 Å². The van der Waals surface area contributed by atoms with E-state index in [1.54, 1.807) is 0 Å². The van der Waals surface area contributed by atoms with Crippen molar-refractivity contribution in [3.63, 3.8) is 0 Å². The second-order valence-corrected chi connectivity index (χ2v) is 5.69. The molecule has 1 saturated heterocycles. The summed E-state index contributed by atoms with van der Waals surface area (Å²) in [5.41, 5.74) is 0.821. The fraction of sp³-hybridized carbons (Fsp3) is 0.533. The van der Waals surface area contributed by atoms with E-state index in [9.17, 15) is 4.79 Å². The highest BCUT2D eigenvalue weighted by molar-refractivity contribution is 5.79. The second-order valence-electron chi connectivity index (χ2n) is 5.69. The molecule has 3 heteroatoms. The van der Waals surface area contributed by atoms with Crippen molar-refractivity contribution in [1.82, 2.24) is 10.6 Å². The van der Waals surface area contributed by atoms with Crippen LogP contribution in [-0.2, 0) is 10.3 Å². The molecule has 1 aromatic carbocycles. The van der Waals surface area contributed by atoms with E-state index in [1.165, 1.54) is 0 Å². The maximum atomic E-state index is 12.2. The van der Waals surface area contributed by atoms with E-state index in [2.05, 4.69) is 22.8 Å². The Hall–Kier alpha value is -1.35. The quantitative estimate of drug-likeness (QED) is 0.852. The van der Waals surface area contributed by atoms with E-state index in [4.69, 9.17) is 0 Å². The number of hydrogen-bond acceptors (Lipinski definition) is 2. The Balaban J connectivity index is 2.01. The molecule has 1 aliphatic heterocycles. The summed E-state index contributed by atoms with van der Waals surface area (Å²) in [5.74, 6) is 0.709. The van der Waals surface area contributed by atoms with Gasteiger partial charge in [0.1, 0.15) is 0 Å². The summed E-state index contributed by atoms with van der Waals surface area (Å²) in [4.78, 5) is 12.2. The van der Waals surface area contributed by atoms with Crippen LogP contribution in [0.3, 0.4) is 0 Å². The van der Waals surface area contributed by atoms with Crippen LogP contribution in [0, 0.1) is 11.8 Å². The van der Waals surface area contributed by atoms with E-state index in [-0.39, 0.29) is 17.4 Å². The highest BCUT2D eigenvalue weighted by Gasteiger charge is 2.32. The molecule has 1 fully saturated rings. The highest BCUT2D eigenvalue weighted by Crippen LogP contribution is 2.22. The van der Waals surface area contributed by atoms with Crippen LogP contribution in [0.1, 0.15) is 26.3 Å². The molecule has 2 rings (SSSR count). The number of carbonyl (C=O) groups excluding carboxylic acids is 1. The summed E-state index contributed by atoms with van der Waals surface area (Å²) >= 11 is 0. The Morgan fingerprint density at radius 3 is 2.44 bits per heavy atom. The molecule has 0 spiro atoms. The predicted octanol–water partition coefficient (Wildman–Crippen LogP) is 1.89. The van der Waals surface area contributed by atoms with E-state index >= 15 is 0 Å². The first-order valence-corrected chi connectivity index (χ1v) is 6.59. The van der Waals surface area contributed by atoms with Crippen molar-refractivity contribution in [2.24, 2.45) is 11.8 Å². The van der Waals surface area contributed by atoms with Crippen molar-refractivity contribution in [3.05, 3.63) is 35.9 Å². The second kappa shape index (κ2) is 5.11. The molecule has 1 heterocycles. The molecule has 1 aromatic rings. The Morgan fingerprint density at radius 1 is 1.33 bits per heavy atom. The van der Waals surface area contributed by atoms with Crippen LogP contribution in [-0.4, -0.2) is 19.0 Å². The van der Waals surface area contributed by atoms with Crippen molar-refractivity contribution < 1.29 is 4.79 Å². The Bertz CT molecular complexity index is 410. The van der Waals surface area contributed by atoms with Gasteiger partial charge in [0.25, 0.3) is 0 Å². The summed E-state index contributed by atoms with van der Waals surface area (Å²) in [5, 5.41) is 6.37. The lowest BCUT2D eigenvalue weighted by Gasteiger charge is -2.35. The molecule has 18 heavy (non-hydrogen) atoms. The number of nitrogens with one attached hydrogen (secondary N) is 2. The van der Waals surface area contributed by atoms with Crippen LogP contribution in [0.15, 0.2) is 30.3 Å². The third-order valence-electron chi connectivity index (χ3n) is 3.86. The molecule has 2 N–H and O–H groups in total. The molecule has 1 aliphatic rings. The first-order chi connectivity index (χ1) is 8.50. The molecule has 3 nitrogen and oxygen atoms in total. The largest absolute Gasteiger partial charge is 0.347 e. The maximum absolute atomic E-state index is 12.2. The number of benzene rings is 1. The van der Waals surface area contributed by atoms with Gasteiger partial charge in [-0.1, -0.05) is 37.3 Å². The number of carbonyl (C=O) groups is 1. The maximum Gasteiger partial charge on any atom is 0.223 e. The van der Waals surface area contributed by atoms with Crippen LogP contribution in [0.2, 0.25) is 0 Å².